The van der Waals surface area contributed by atoms with Crippen molar-refractivity contribution in [2.45, 2.75) is 26.1 Å². The van der Waals surface area contributed by atoms with Gasteiger partial charge in [-0.05, 0) is 52.1 Å². The van der Waals surface area contributed by atoms with E-state index in [-0.39, 0.29) is 69.7 Å². The molecule has 0 unspecified atom stereocenters. The predicted octanol–water partition coefficient (Wildman–Crippen LogP) is 5.65. The number of benzene rings is 4. The van der Waals surface area contributed by atoms with Crippen molar-refractivity contribution >= 4 is 29.8 Å². The Morgan fingerprint density at radius 3 is 1.33 bits per heavy atom. The molecule has 0 bridgehead atoms. The Morgan fingerprint density at radius 2 is 0.885 bits per heavy atom. The van der Waals surface area contributed by atoms with E-state index >= 15 is 0 Å². The Bertz CT molecular complexity index is 1750. The fourth-order valence-electron chi connectivity index (χ4n) is 5.29. The number of nitrogens with zero attached hydrogens (tertiary/aromatic N) is 4. The van der Waals surface area contributed by atoms with Crippen LogP contribution >= 0.6 is 0 Å². The molecular weight excluding hydrogens is 674 g/mol. The normalized spacial score (nSPS) is 13.8. The lowest BCUT2D eigenvalue weighted by Crippen LogP contribution is -2.45. The first-order valence-electron chi connectivity index (χ1n) is 16.3. The van der Waals surface area contributed by atoms with Gasteiger partial charge in [0.05, 0.1) is 25.9 Å². The van der Waals surface area contributed by atoms with Gasteiger partial charge in [-0.15, -0.1) is 0 Å². The number of hydrogen-bond donors (Lipinski definition) is 0. The second kappa shape index (κ2) is 17.5. The highest BCUT2D eigenvalue weighted by molar-refractivity contribution is 5.94. The van der Waals surface area contributed by atoms with Crippen molar-refractivity contribution in [1.29, 1.82) is 0 Å². The Labute approximate surface area is 299 Å². The summed E-state index contributed by atoms with van der Waals surface area (Å²) in [5.74, 6) is -1.72. The third-order valence-corrected chi connectivity index (χ3v) is 7.93. The first-order chi connectivity index (χ1) is 25.0. The highest BCUT2D eigenvalue weighted by Crippen LogP contribution is 2.19. The van der Waals surface area contributed by atoms with Crippen molar-refractivity contribution in [2.75, 3.05) is 26.2 Å². The molecule has 2 aliphatic rings. The Balaban J connectivity index is 0.000000201. The van der Waals surface area contributed by atoms with Gasteiger partial charge in [0, 0.05) is 0 Å². The van der Waals surface area contributed by atoms with Crippen molar-refractivity contribution in [1.82, 2.24) is 20.0 Å². The van der Waals surface area contributed by atoms with E-state index in [2.05, 4.69) is 6.58 Å². The van der Waals surface area contributed by atoms with Gasteiger partial charge < -0.3 is 9.47 Å². The molecular formula is C39H36F2N4O7. The third-order valence-electron chi connectivity index (χ3n) is 7.93. The van der Waals surface area contributed by atoms with E-state index < -0.39 is 23.9 Å². The summed E-state index contributed by atoms with van der Waals surface area (Å²) in [6, 6.07) is 29.6. The zero-order chi connectivity index (χ0) is 37.0. The predicted molar refractivity (Wildman–Crippen MR) is 184 cm³/mol. The van der Waals surface area contributed by atoms with Crippen molar-refractivity contribution in [3.63, 3.8) is 0 Å². The minimum atomic E-state index is -0.757. The van der Waals surface area contributed by atoms with Gasteiger partial charge >= 0.3 is 12.2 Å². The van der Waals surface area contributed by atoms with E-state index in [1.807, 2.05) is 48.5 Å². The highest BCUT2D eigenvalue weighted by Gasteiger charge is 2.37. The Morgan fingerprint density at radius 1 is 0.519 bits per heavy atom. The first kappa shape index (κ1) is 36.9. The SMILES string of the molecule is C=C1CN(C(=O)Cc2ccc(F)cc2)N(C(=O)OCc2ccccc2)C1.O=C1CN(C(=O)Cc2ccc(F)cc2)N(C(=O)OCc2ccccc2)C1. The molecule has 2 aliphatic heterocycles. The fraction of sp³-hybridized carbons (Fsp3) is 0.205. The Kier molecular flexibility index (Phi) is 12.4. The molecule has 0 N–H and O–H groups in total. The van der Waals surface area contributed by atoms with Crippen LogP contribution in [0.5, 0.6) is 0 Å². The molecule has 268 valence electrons. The lowest BCUT2D eigenvalue weighted by molar-refractivity contribution is -0.141. The summed E-state index contributed by atoms with van der Waals surface area (Å²) in [7, 11) is 0. The smallest absolute Gasteiger partial charge is 0.429 e. The molecule has 4 aromatic carbocycles. The van der Waals surface area contributed by atoms with Crippen molar-refractivity contribution in [2.24, 2.45) is 0 Å². The number of halogens is 2. The summed E-state index contributed by atoms with van der Waals surface area (Å²) >= 11 is 0. The van der Waals surface area contributed by atoms with Crippen molar-refractivity contribution < 1.29 is 42.2 Å². The van der Waals surface area contributed by atoms with Gasteiger partial charge in [-0.25, -0.2) is 38.4 Å². The maximum atomic E-state index is 13.0. The van der Waals surface area contributed by atoms with Gasteiger partial charge in [0.25, 0.3) is 0 Å². The lowest BCUT2D eigenvalue weighted by atomic mass is 10.1. The van der Waals surface area contributed by atoms with Gasteiger partial charge in [0.15, 0.2) is 5.78 Å². The van der Waals surface area contributed by atoms with E-state index in [1.54, 1.807) is 24.3 Å². The number of Topliss-reactive ketones (excluding diaryl/α,β-unsaturated/α-hetero) is 1. The zero-order valence-electron chi connectivity index (χ0n) is 28.2. The molecule has 4 aromatic rings. The van der Waals surface area contributed by atoms with E-state index in [4.69, 9.17) is 9.47 Å². The van der Waals surface area contributed by atoms with Crippen LogP contribution in [0.1, 0.15) is 22.3 Å². The topological polar surface area (TPSA) is 117 Å². The Hall–Kier alpha value is -6.37. The number of amides is 4. The summed E-state index contributed by atoms with van der Waals surface area (Å²) in [6.07, 6.45) is -1.33. The molecule has 0 saturated carbocycles. The average Bonchev–Trinajstić information content (AvgIpc) is 3.75. The standard InChI is InChI=1S/C20H19FN2O3.C19H17FN2O4/c1-15-12-22(19(24)11-16-7-9-18(21)10-8-16)23(13-15)20(25)26-14-17-5-3-2-4-6-17;20-16-8-6-14(7-9-16)10-18(24)21-11-17(23)12-22(21)19(25)26-13-15-4-2-1-3-5-15/h2-10H,1,11-14H2;1-9H,10-13H2. The monoisotopic (exact) mass is 710 g/mol. The number of ketones is 1. The number of ether oxygens (including phenoxy) is 2. The van der Waals surface area contributed by atoms with Crippen LogP contribution in [0.25, 0.3) is 0 Å². The molecule has 0 atom stereocenters. The van der Waals surface area contributed by atoms with E-state index in [0.717, 1.165) is 26.7 Å². The van der Waals surface area contributed by atoms with Crippen LogP contribution in [0.4, 0.5) is 18.4 Å². The number of carbonyl (C=O) groups excluding carboxylic acids is 5. The van der Waals surface area contributed by atoms with Gasteiger partial charge in [-0.1, -0.05) is 91.5 Å². The largest absolute Gasteiger partial charge is 0.443 e. The van der Waals surface area contributed by atoms with Crippen LogP contribution < -0.4 is 0 Å². The van der Waals surface area contributed by atoms with E-state index in [9.17, 15) is 32.8 Å². The van der Waals surface area contributed by atoms with Gasteiger partial charge in [-0.2, -0.15) is 0 Å². The molecule has 2 saturated heterocycles. The molecule has 2 fully saturated rings. The summed E-state index contributed by atoms with van der Waals surface area (Å²) in [5.41, 5.74) is 3.67. The number of hydrogen-bond acceptors (Lipinski definition) is 7. The minimum absolute atomic E-state index is 0.0456. The summed E-state index contributed by atoms with van der Waals surface area (Å²) < 4.78 is 36.5. The van der Waals surface area contributed by atoms with E-state index in [1.165, 1.54) is 46.4 Å². The molecule has 4 amide bonds. The van der Waals surface area contributed by atoms with Crippen LogP contribution in [0.15, 0.2) is 121 Å². The second-order valence-corrected chi connectivity index (χ2v) is 12.0. The zero-order valence-corrected chi connectivity index (χ0v) is 28.2. The first-order valence-corrected chi connectivity index (χ1v) is 16.3. The highest BCUT2D eigenvalue weighted by atomic mass is 19.1. The third kappa shape index (κ3) is 10.3. The maximum absolute atomic E-state index is 13.0. The molecule has 11 nitrogen and oxygen atoms in total. The molecule has 0 aromatic heterocycles. The average molecular weight is 711 g/mol. The van der Waals surface area contributed by atoms with E-state index in [0.29, 0.717) is 11.1 Å². The molecule has 0 aliphatic carbocycles. The van der Waals surface area contributed by atoms with Gasteiger partial charge in [0.1, 0.15) is 37.9 Å². The number of hydrazine groups is 2. The molecule has 0 spiro atoms. The maximum Gasteiger partial charge on any atom is 0.429 e. The van der Waals surface area contributed by atoms with Crippen LogP contribution in [-0.4, -0.2) is 76.0 Å². The van der Waals surface area contributed by atoms with Crippen molar-refractivity contribution in [3.8, 4) is 0 Å². The molecule has 2 heterocycles. The van der Waals surface area contributed by atoms with Gasteiger partial charge in [0.2, 0.25) is 11.8 Å². The molecule has 0 radical (unpaired) electrons. The number of carbonyl (C=O) groups is 5. The summed E-state index contributed by atoms with van der Waals surface area (Å²) in [4.78, 5) is 61.5. The quantitative estimate of drug-likeness (QED) is 0.217. The van der Waals surface area contributed by atoms with Crippen LogP contribution in [0.2, 0.25) is 0 Å². The van der Waals surface area contributed by atoms with Crippen molar-refractivity contribution in [3.05, 3.63) is 155 Å². The molecule has 13 heteroatoms. The van der Waals surface area contributed by atoms with Crippen LogP contribution in [0.3, 0.4) is 0 Å². The summed E-state index contributed by atoms with van der Waals surface area (Å²) in [6.45, 7) is 4.15. The summed E-state index contributed by atoms with van der Waals surface area (Å²) in [5, 5.41) is 4.69. The van der Waals surface area contributed by atoms with Crippen LogP contribution in [0, 0.1) is 11.6 Å². The molecule has 52 heavy (non-hydrogen) atoms. The number of rotatable bonds is 8. The van der Waals surface area contributed by atoms with Crippen LogP contribution in [-0.2, 0) is 49.9 Å². The molecule has 6 rings (SSSR count). The fourth-order valence-corrected chi connectivity index (χ4v) is 5.29. The second-order valence-electron chi connectivity index (χ2n) is 12.0. The lowest BCUT2D eigenvalue weighted by Gasteiger charge is -2.26. The van der Waals surface area contributed by atoms with Gasteiger partial charge in [-0.3, -0.25) is 14.4 Å². The minimum Gasteiger partial charge on any atom is -0.443 e.